The van der Waals surface area contributed by atoms with Crippen LogP contribution in [0.1, 0.15) is 11.4 Å². The van der Waals surface area contributed by atoms with Crippen LogP contribution < -0.4 is 0 Å². The quantitative estimate of drug-likeness (QED) is 0.610. The Morgan fingerprint density at radius 2 is 2.60 bits per heavy atom. The molecular weight excluding hydrogens is 148 g/mol. The van der Waals surface area contributed by atoms with Crippen LogP contribution in [0.3, 0.4) is 0 Å². The van der Waals surface area contributed by atoms with Gasteiger partial charge in [0.25, 0.3) is 0 Å². The molecule has 0 spiro atoms. The summed E-state index contributed by atoms with van der Waals surface area (Å²) in [6.45, 7) is 0.703. The maximum absolute atomic E-state index is 4.84. The summed E-state index contributed by atoms with van der Waals surface area (Å²) in [5.41, 5.74) is 0.981. The van der Waals surface area contributed by atoms with E-state index in [0.29, 0.717) is 6.61 Å². The van der Waals surface area contributed by atoms with E-state index in [1.54, 1.807) is 17.5 Å². The Hall–Kier alpha value is -0.900. The minimum absolute atomic E-state index is 0.703. The molecule has 0 unspecified atom stereocenters. The van der Waals surface area contributed by atoms with E-state index in [1.807, 2.05) is 5.38 Å². The minimum Gasteiger partial charge on any atom is -0.395 e. The lowest BCUT2D eigenvalue weighted by Gasteiger charge is -1.85. The molecule has 0 radical (unpaired) electrons. The first-order valence-corrected chi connectivity index (χ1v) is 3.93. The molecule has 4 heteroatoms. The van der Waals surface area contributed by atoms with Crippen LogP contribution >= 0.6 is 11.3 Å². The molecule has 1 aromatic rings. The highest BCUT2D eigenvalue weighted by atomic mass is 32.1. The number of aromatic nitrogens is 1. The van der Waals surface area contributed by atoms with Gasteiger partial charge in [0.2, 0.25) is 0 Å². The van der Waals surface area contributed by atoms with Crippen molar-refractivity contribution in [2.75, 3.05) is 6.61 Å². The molecule has 0 saturated carbocycles. The molecule has 0 aliphatic carbocycles. The number of oxime groups is 1. The summed E-state index contributed by atoms with van der Waals surface area (Å²) in [5, 5.41) is 6.77. The van der Waals surface area contributed by atoms with Gasteiger partial charge in [-0.25, -0.2) is 4.98 Å². The normalized spacial score (nSPS) is 16.6. The summed E-state index contributed by atoms with van der Waals surface area (Å²) in [4.78, 5) is 8.94. The lowest BCUT2D eigenvalue weighted by Crippen LogP contribution is -1.94. The van der Waals surface area contributed by atoms with Crippen molar-refractivity contribution in [1.29, 1.82) is 0 Å². The van der Waals surface area contributed by atoms with Gasteiger partial charge in [-0.05, 0) is 0 Å². The second kappa shape index (κ2) is 2.38. The van der Waals surface area contributed by atoms with Crippen LogP contribution in [-0.2, 0) is 4.84 Å². The lowest BCUT2D eigenvalue weighted by atomic mass is 10.3. The molecule has 1 aromatic heterocycles. The van der Waals surface area contributed by atoms with E-state index in [1.165, 1.54) is 0 Å². The summed E-state index contributed by atoms with van der Waals surface area (Å²) in [5.74, 6) is 0. The van der Waals surface area contributed by atoms with Gasteiger partial charge in [-0.15, -0.1) is 11.3 Å². The summed E-state index contributed by atoms with van der Waals surface area (Å²) in [6.07, 6.45) is 2.67. The first-order chi connectivity index (χ1) is 4.97. The Bertz CT molecular complexity index is 242. The van der Waals surface area contributed by atoms with Crippen LogP contribution in [0, 0.1) is 0 Å². The van der Waals surface area contributed by atoms with Gasteiger partial charge in [0, 0.05) is 18.0 Å². The Balaban J connectivity index is 2.28. The van der Waals surface area contributed by atoms with Crippen LogP contribution in [0.5, 0.6) is 0 Å². The third-order valence-electron chi connectivity index (χ3n) is 1.28. The number of rotatable bonds is 1. The Labute approximate surface area is 62.3 Å². The Morgan fingerprint density at radius 3 is 3.20 bits per heavy atom. The van der Waals surface area contributed by atoms with Crippen molar-refractivity contribution in [2.24, 2.45) is 5.16 Å². The first-order valence-electron chi connectivity index (χ1n) is 3.05. The van der Waals surface area contributed by atoms with Crippen molar-refractivity contribution >= 4 is 17.0 Å². The molecule has 0 aromatic carbocycles. The van der Waals surface area contributed by atoms with Crippen molar-refractivity contribution in [3.05, 3.63) is 16.6 Å². The van der Waals surface area contributed by atoms with Crippen molar-refractivity contribution in [2.45, 2.75) is 6.42 Å². The van der Waals surface area contributed by atoms with Crippen molar-refractivity contribution in [3.8, 4) is 0 Å². The van der Waals surface area contributed by atoms with E-state index in [0.717, 1.165) is 17.1 Å². The molecule has 52 valence electrons. The van der Waals surface area contributed by atoms with Crippen LogP contribution in [0.15, 0.2) is 16.7 Å². The maximum Gasteiger partial charge on any atom is 0.141 e. The van der Waals surface area contributed by atoms with Crippen LogP contribution in [0.2, 0.25) is 0 Å². The second-order valence-corrected chi connectivity index (χ2v) is 2.85. The Morgan fingerprint density at radius 1 is 1.60 bits per heavy atom. The highest BCUT2D eigenvalue weighted by Gasteiger charge is 2.11. The monoisotopic (exact) mass is 154 g/mol. The smallest absolute Gasteiger partial charge is 0.141 e. The van der Waals surface area contributed by atoms with Crippen molar-refractivity contribution < 1.29 is 4.84 Å². The number of hydrogen-bond donors (Lipinski definition) is 0. The van der Waals surface area contributed by atoms with Gasteiger partial charge in [-0.1, -0.05) is 5.16 Å². The molecule has 0 saturated heterocycles. The molecule has 3 nitrogen and oxygen atoms in total. The van der Waals surface area contributed by atoms with Crippen LogP contribution in [0.4, 0.5) is 0 Å². The van der Waals surface area contributed by atoms with E-state index >= 15 is 0 Å². The zero-order valence-electron chi connectivity index (χ0n) is 5.28. The third kappa shape index (κ3) is 0.903. The highest BCUT2D eigenvalue weighted by molar-refractivity contribution is 7.11. The standard InChI is InChI=1S/C6H6N2OS/c1-3-9-8-5(1)6-7-2-4-10-6/h2,4H,1,3H2. The molecule has 0 N–H and O–H groups in total. The number of hydrogen-bond acceptors (Lipinski definition) is 4. The van der Waals surface area contributed by atoms with Gasteiger partial charge in [-0.2, -0.15) is 0 Å². The highest BCUT2D eigenvalue weighted by Crippen LogP contribution is 2.12. The first kappa shape index (κ1) is 5.85. The average molecular weight is 154 g/mol. The lowest BCUT2D eigenvalue weighted by molar-refractivity contribution is 0.174. The fourth-order valence-corrected chi connectivity index (χ4v) is 1.47. The molecular formula is C6H6N2OS. The largest absolute Gasteiger partial charge is 0.395 e. The fraction of sp³-hybridized carbons (Fsp3) is 0.333. The molecule has 0 atom stereocenters. The molecule has 0 bridgehead atoms. The summed E-state index contributed by atoms with van der Waals surface area (Å²) in [7, 11) is 0. The second-order valence-electron chi connectivity index (χ2n) is 1.96. The van der Waals surface area contributed by atoms with E-state index in [-0.39, 0.29) is 0 Å². The zero-order chi connectivity index (χ0) is 6.81. The minimum atomic E-state index is 0.703. The molecule has 1 aliphatic heterocycles. The van der Waals surface area contributed by atoms with E-state index in [9.17, 15) is 0 Å². The number of thiazole rings is 1. The van der Waals surface area contributed by atoms with Crippen LogP contribution in [0.25, 0.3) is 0 Å². The van der Waals surface area contributed by atoms with Crippen LogP contribution in [-0.4, -0.2) is 17.3 Å². The van der Waals surface area contributed by atoms with Crippen molar-refractivity contribution in [1.82, 2.24) is 4.98 Å². The molecule has 0 amide bonds. The zero-order valence-corrected chi connectivity index (χ0v) is 6.10. The van der Waals surface area contributed by atoms with Crippen molar-refractivity contribution in [3.63, 3.8) is 0 Å². The van der Waals surface area contributed by atoms with Gasteiger partial charge < -0.3 is 4.84 Å². The molecule has 1 aliphatic rings. The Kier molecular flexibility index (Phi) is 1.39. The fourth-order valence-electron chi connectivity index (χ4n) is 0.823. The third-order valence-corrected chi connectivity index (χ3v) is 2.11. The van der Waals surface area contributed by atoms with E-state index in [4.69, 9.17) is 4.84 Å². The van der Waals surface area contributed by atoms with Gasteiger partial charge in [-0.3, -0.25) is 0 Å². The van der Waals surface area contributed by atoms with E-state index < -0.39 is 0 Å². The van der Waals surface area contributed by atoms with Gasteiger partial charge in [0.05, 0.1) is 0 Å². The van der Waals surface area contributed by atoms with Gasteiger partial charge in [0.15, 0.2) is 0 Å². The predicted molar refractivity (Wildman–Crippen MR) is 39.2 cm³/mol. The molecule has 10 heavy (non-hydrogen) atoms. The van der Waals surface area contributed by atoms with E-state index in [2.05, 4.69) is 10.1 Å². The maximum atomic E-state index is 4.84. The topological polar surface area (TPSA) is 34.5 Å². The summed E-state index contributed by atoms with van der Waals surface area (Å²) >= 11 is 1.60. The summed E-state index contributed by atoms with van der Waals surface area (Å²) < 4.78 is 0. The predicted octanol–water partition coefficient (Wildman–Crippen LogP) is 1.27. The van der Waals surface area contributed by atoms with Gasteiger partial charge in [0.1, 0.15) is 17.3 Å². The molecule has 0 fully saturated rings. The van der Waals surface area contributed by atoms with Gasteiger partial charge >= 0.3 is 0 Å². The summed E-state index contributed by atoms with van der Waals surface area (Å²) in [6, 6.07) is 0. The molecule has 2 rings (SSSR count). The SMILES string of the molecule is c1csc(C2=NOCC2)n1. The number of nitrogens with zero attached hydrogens (tertiary/aromatic N) is 2. The average Bonchev–Trinajstić information content (AvgIpc) is 2.59. The molecule has 2 heterocycles.